The van der Waals surface area contributed by atoms with Crippen molar-refractivity contribution in [2.24, 2.45) is 11.3 Å². The van der Waals surface area contributed by atoms with E-state index in [4.69, 9.17) is 4.74 Å². The number of nitrogens with zero attached hydrogens (tertiary/aromatic N) is 2. The van der Waals surface area contributed by atoms with Gasteiger partial charge in [0.15, 0.2) is 5.69 Å². The number of halogens is 5. The Morgan fingerprint density at radius 3 is 2.27 bits per heavy atom. The van der Waals surface area contributed by atoms with Crippen LogP contribution in [-0.2, 0) is 17.3 Å². The van der Waals surface area contributed by atoms with Crippen molar-refractivity contribution < 1.29 is 36.6 Å². The first-order valence-electron chi connectivity index (χ1n) is 9.15. The second-order valence-electron chi connectivity index (χ2n) is 8.07. The Labute approximate surface area is 170 Å². The molecule has 1 aromatic heterocycles. The minimum Gasteiger partial charge on any atom is -0.496 e. The molecule has 0 amide bonds. The van der Waals surface area contributed by atoms with Crippen LogP contribution in [0.15, 0.2) is 5.76 Å². The summed E-state index contributed by atoms with van der Waals surface area (Å²) in [4.78, 5) is 14.8. The quantitative estimate of drug-likeness (QED) is 0.483. The highest BCUT2D eigenvalue weighted by Gasteiger charge is 2.44. The molecule has 1 saturated heterocycles. The van der Waals surface area contributed by atoms with Gasteiger partial charge in [0.1, 0.15) is 17.5 Å². The molecule has 164 valence electrons. The number of aromatic carboxylic acids is 1. The molecule has 0 unspecified atom stereocenters. The number of carboxylic acid groups (broad SMARTS) is 1. The molecule has 1 N–H and O–H groups in total. The van der Waals surface area contributed by atoms with Crippen LogP contribution in [0.25, 0.3) is 5.57 Å². The molecule has 5 nitrogen and oxygen atoms in total. The molecule has 1 fully saturated rings. The zero-order valence-electron chi connectivity index (χ0n) is 16.8. The number of carboxylic acids is 1. The Morgan fingerprint density at radius 1 is 1.30 bits per heavy atom. The van der Waals surface area contributed by atoms with E-state index in [0.29, 0.717) is 6.42 Å². The summed E-state index contributed by atoms with van der Waals surface area (Å²) in [6, 6.07) is 1.69. The molecule has 30 heavy (non-hydrogen) atoms. The first kappa shape index (κ1) is 23.6. The third-order valence-electron chi connectivity index (χ3n) is 4.81. The molecule has 0 atom stereocenters. The van der Waals surface area contributed by atoms with E-state index >= 15 is 0 Å². The fourth-order valence-electron chi connectivity index (χ4n) is 3.49. The standard InChI is InChI=1S/C20H21F5N2O3/c1-9(2)7-10-12(11(8-26)16-19(3,4)5-6-30-16)15(20(23,24)25)27-14(17(21)22)13(10)18(28)29/h9,17H,5-7H2,1-4H3,(H,28,29). The molecular formula is C20H21F5N2O3. The number of hydrogen-bond donors (Lipinski definition) is 1. The van der Waals surface area contributed by atoms with Crippen LogP contribution >= 0.6 is 0 Å². The lowest BCUT2D eigenvalue weighted by Crippen LogP contribution is -2.23. The lowest BCUT2D eigenvalue weighted by molar-refractivity contribution is -0.141. The molecule has 0 spiro atoms. The first-order chi connectivity index (χ1) is 13.7. The molecule has 1 aliphatic rings. The Kier molecular flexibility index (Phi) is 6.45. The number of nitriles is 1. The maximum atomic E-state index is 13.9. The third-order valence-corrected chi connectivity index (χ3v) is 4.81. The van der Waals surface area contributed by atoms with Crippen LogP contribution in [0.2, 0.25) is 0 Å². The van der Waals surface area contributed by atoms with E-state index in [1.165, 1.54) is 0 Å². The van der Waals surface area contributed by atoms with Gasteiger partial charge < -0.3 is 9.84 Å². The van der Waals surface area contributed by atoms with Gasteiger partial charge in [-0.3, -0.25) is 0 Å². The second-order valence-corrected chi connectivity index (χ2v) is 8.07. The number of allylic oxidation sites excluding steroid dienone is 2. The summed E-state index contributed by atoms with van der Waals surface area (Å²) in [5.74, 6) is -2.26. The number of hydrogen-bond acceptors (Lipinski definition) is 4. The number of aromatic nitrogens is 1. The van der Waals surface area contributed by atoms with E-state index in [2.05, 4.69) is 4.98 Å². The van der Waals surface area contributed by atoms with E-state index < -0.39 is 63.6 Å². The lowest BCUT2D eigenvalue weighted by Gasteiger charge is -2.24. The molecule has 1 aliphatic heterocycles. The van der Waals surface area contributed by atoms with Crippen molar-refractivity contribution in [3.05, 3.63) is 33.8 Å². The maximum Gasteiger partial charge on any atom is 0.434 e. The van der Waals surface area contributed by atoms with Crippen molar-refractivity contribution in [2.45, 2.75) is 53.1 Å². The zero-order chi connectivity index (χ0) is 23.0. The van der Waals surface area contributed by atoms with E-state index in [-0.39, 0.29) is 18.8 Å². The van der Waals surface area contributed by atoms with Crippen molar-refractivity contribution in [3.8, 4) is 6.07 Å². The minimum atomic E-state index is -5.20. The summed E-state index contributed by atoms with van der Waals surface area (Å²) in [6.45, 7) is 6.69. The molecule has 2 heterocycles. The van der Waals surface area contributed by atoms with Gasteiger partial charge in [0.2, 0.25) is 0 Å². The number of alkyl halides is 5. The van der Waals surface area contributed by atoms with Crippen molar-refractivity contribution in [3.63, 3.8) is 0 Å². The topological polar surface area (TPSA) is 83.2 Å². The highest BCUT2D eigenvalue weighted by atomic mass is 19.4. The van der Waals surface area contributed by atoms with Gasteiger partial charge in [-0.1, -0.05) is 27.7 Å². The van der Waals surface area contributed by atoms with Crippen molar-refractivity contribution >= 4 is 11.5 Å². The lowest BCUT2D eigenvalue weighted by atomic mass is 9.82. The maximum absolute atomic E-state index is 13.9. The summed E-state index contributed by atoms with van der Waals surface area (Å²) in [6.07, 6.45) is -8.61. The molecule has 0 saturated carbocycles. The van der Waals surface area contributed by atoms with Gasteiger partial charge in [0.05, 0.1) is 17.7 Å². The van der Waals surface area contributed by atoms with Gasteiger partial charge in [-0.05, 0) is 24.3 Å². The number of ether oxygens (including phenoxy) is 1. The highest BCUT2D eigenvalue weighted by Crippen LogP contribution is 2.46. The largest absolute Gasteiger partial charge is 0.496 e. The summed E-state index contributed by atoms with van der Waals surface area (Å²) in [5, 5.41) is 19.3. The number of rotatable bonds is 5. The molecule has 0 aromatic carbocycles. The highest BCUT2D eigenvalue weighted by molar-refractivity contribution is 5.94. The van der Waals surface area contributed by atoms with E-state index in [9.17, 15) is 37.1 Å². The minimum absolute atomic E-state index is 0.0385. The van der Waals surface area contributed by atoms with Crippen molar-refractivity contribution in [1.82, 2.24) is 4.98 Å². The predicted octanol–water partition coefficient (Wildman–Crippen LogP) is 5.62. The van der Waals surface area contributed by atoms with Crippen molar-refractivity contribution in [2.75, 3.05) is 6.61 Å². The van der Waals surface area contributed by atoms with Crippen molar-refractivity contribution in [1.29, 1.82) is 5.26 Å². The Hall–Kier alpha value is -2.70. The summed E-state index contributed by atoms with van der Waals surface area (Å²) < 4.78 is 74.2. The van der Waals surface area contributed by atoms with Gasteiger partial charge in [-0.25, -0.2) is 18.6 Å². The van der Waals surface area contributed by atoms with Gasteiger partial charge in [0, 0.05) is 11.0 Å². The second kappa shape index (κ2) is 8.20. The normalized spacial score (nSPS) is 17.8. The fraction of sp³-hybridized carbons (Fsp3) is 0.550. The van der Waals surface area contributed by atoms with Crippen LogP contribution < -0.4 is 0 Å². The first-order valence-corrected chi connectivity index (χ1v) is 9.15. The zero-order valence-corrected chi connectivity index (χ0v) is 16.8. The fourth-order valence-corrected chi connectivity index (χ4v) is 3.49. The summed E-state index contributed by atoms with van der Waals surface area (Å²) in [7, 11) is 0. The van der Waals surface area contributed by atoms with Crippen LogP contribution in [0.4, 0.5) is 22.0 Å². The van der Waals surface area contributed by atoms with Crippen LogP contribution in [0.3, 0.4) is 0 Å². The smallest absolute Gasteiger partial charge is 0.434 e. The van der Waals surface area contributed by atoms with E-state index in [1.807, 2.05) is 0 Å². The monoisotopic (exact) mass is 432 g/mol. The average molecular weight is 432 g/mol. The number of pyridine rings is 1. The Bertz CT molecular complexity index is 928. The van der Waals surface area contributed by atoms with Gasteiger partial charge in [-0.2, -0.15) is 18.4 Å². The van der Waals surface area contributed by atoms with Crippen LogP contribution in [-0.4, -0.2) is 22.7 Å². The predicted molar refractivity (Wildman–Crippen MR) is 96.6 cm³/mol. The Balaban J connectivity index is 3.13. The van der Waals surface area contributed by atoms with E-state index in [1.54, 1.807) is 33.8 Å². The Morgan fingerprint density at radius 2 is 1.90 bits per heavy atom. The molecule has 2 rings (SSSR count). The SMILES string of the molecule is CC(C)Cc1c(C(=O)O)c(C(F)F)nc(C(F)(F)F)c1C(C#N)=C1OCCC1(C)C. The molecular weight excluding hydrogens is 411 g/mol. The van der Waals surface area contributed by atoms with Crippen LogP contribution in [0.1, 0.15) is 73.4 Å². The van der Waals surface area contributed by atoms with Crippen LogP contribution in [0, 0.1) is 22.7 Å². The molecule has 10 heteroatoms. The third kappa shape index (κ3) is 4.40. The average Bonchev–Trinajstić information content (AvgIpc) is 2.93. The molecule has 0 aliphatic carbocycles. The van der Waals surface area contributed by atoms with Gasteiger partial charge in [0.25, 0.3) is 6.43 Å². The summed E-state index contributed by atoms with van der Waals surface area (Å²) in [5.41, 5.74) is -6.82. The molecule has 1 aromatic rings. The number of carbonyl (C=O) groups is 1. The van der Waals surface area contributed by atoms with Gasteiger partial charge >= 0.3 is 12.1 Å². The van der Waals surface area contributed by atoms with Crippen LogP contribution in [0.5, 0.6) is 0 Å². The molecule has 0 radical (unpaired) electrons. The van der Waals surface area contributed by atoms with Gasteiger partial charge in [-0.15, -0.1) is 0 Å². The molecule has 0 bridgehead atoms. The van der Waals surface area contributed by atoms with E-state index in [0.717, 1.165) is 0 Å². The summed E-state index contributed by atoms with van der Waals surface area (Å²) >= 11 is 0.